The quantitative estimate of drug-likeness (QED) is 0.901. The van der Waals surface area contributed by atoms with Crippen LogP contribution in [0.5, 0.6) is 0 Å². The summed E-state index contributed by atoms with van der Waals surface area (Å²) in [5.41, 5.74) is 7.42. The van der Waals surface area contributed by atoms with Gasteiger partial charge in [-0.2, -0.15) is 4.31 Å². The SMILES string of the molecule is Cc1ccc(C)c(S(=O)(=O)N2CCC[C@H]2CN)c1. The van der Waals surface area contributed by atoms with E-state index in [1.165, 1.54) is 0 Å². The van der Waals surface area contributed by atoms with Crippen molar-refractivity contribution in [1.29, 1.82) is 0 Å². The number of aryl methyl sites for hydroxylation is 2. The molecular weight excluding hydrogens is 248 g/mol. The molecule has 1 aromatic carbocycles. The summed E-state index contributed by atoms with van der Waals surface area (Å²) >= 11 is 0. The molecule has 0 spiro atoms. The lowest BCUT2D eigenvalue weighted by molar-refractivity contribution is 0.393. The van der Waals surface area contributed by atoms with Crippen LogP contribution in [0.2, 0.25) is 0 Å². The number of hydrogen-bond donors (Lipinski definition) is 1. The van der Waals surface area contributed by atoms with Crippen molar-refractivity contribution in [2.75, 3.05) is 13.1 Å². The molecule has 0 saturated carbocycles. The number of nitrogens with zero attached hydrogens (tertiary/aromatic N) is 1. The van der Waals surface area contributed by atoms with Crippen molar-refractivity contribution in [2.45, 2.75) is 37.6 Å². The maximum Gasteiger partial charge on any atom is 0.243 e. The summed E-state index contributed by atoms with van der Waals surface area (Å²) in [6.07, 6.45) is 1.76. The Morgan fingerprint density at radius 3 is 2.78 bits per heavy atom. The van der Waals surface area contributed by atoms with Gasteiger partial charge in [-0.1, -0.05) is 12.1 Å². The van der Waals surface area contributed by atoms with Gasteiger partial charge in [0.25, 0.3) is 0 Å². The van der Waals surface area contributed by atoms with Gasteiger partial charge >= 0.3 is 0 Å². The maximum absolute atomic E-state index is 12.6. The lowest BCUT2D eigenvalue weighted by Crippen LogP contribution is -2.40. The van der Waals surface area contributed by atoms with E-state index in [1.54, 1.807) is 10.4 Å². The van der Waals surface area contributed by atoms with Gasteiger partial charge in [0, 0.05) is 19.1 Å². The number of sulfonamides is 1. The molecule has 0 unspecified atom stereocenters. The Kier molecular flexibility index (Phi) is 3.75. The number of nitrogens with two attached hydrogens (primary N) is 1. The summed E-state index contributed by atoms with van der Waals surface area (Å²) < 4.78 is 26.9. The molecule has 1 atom stereocenters. The summed E-state index contributed by atoms with van der Waals surface area (Å²) in [6.45, 7) is 4.71. The predicted octanol–water partition coefficient (Wildman–Crippen LogP) is 1.42. The van der Waals surface area contributed by atoms with E-state index >= 15 is 0 Å². The van der Waals surface area contributed by atoms with Crippen LogP contribution in [0.25, 0.3) is 0 Å². The molecule has 2 rings (SSSR count). The van der Waals surface area contributed by atoms with Gasteiger partial charge in [0.15, 0.2) is 0 Å². The Morgan fingerprint density at radius 1 is 1.39 bits per heavy atom. The number of hydrogen-bond acceptors (Lipinski definition) is 3. The zero-order valence-corrected chi connectivity index (χ0v) is 11.7. The molecule has 4 nitrogen and oxygen atoms in total. The fourth-order valence-electron chi connectivity index (χ4n) is 2.47. The first-order valence-corrected chi connectivity index (χ1v) is 7.70. The third kappa shape index (κ3) is 2.30. The third-order valence-corrected chi connectivity index (χ3v) is 5.62. The lowest BCUT2D eigenvalue weighted by Gasteiger charge is -2.23. The van der Waals surface area contributed by atoms with E-state index in [2.05, 4.69) is 0 Å². The molecule has 1 aromatic rings. The Morgan fingerprint density at radius 2 is 2.11 bits per heavy atom. The van der Waals surface area contributed by atoms with Crippen LogP contribution in [0, 0.1) is 13.8 Å². The van der Waals surface area contributed by atoms with Crippen molar-refractivity contribution < 1.29 is 8.42 Å². The highest BCUT2D eigenvalue weighted by atomic mass is 32.2. The van der Waals surface area contributed by atoms with E-state index in [0.717, 1.165) is 24.0 Å². The lowest BCUT2D eigenvalue weighted by atomic mass is 10.2. The van der Waals surface area contributed by atoms with Gasteiger partial charge in [0.2, 0.25) is 10.0 Å². The summed E-state index contributed by atoms with van der Waals surface area (Å²) in [7, 11) is -3.40. The van der Waals surface area contributed by atoms with Gasteiger partial charge in [-0.05, 0) is 43.9 Å². The van der Waals surface area contributed by atoms with Crippen molar-refractivity contribution in [3.63, 3.8) is 0 Å². The molecule has 0 bridgehead atoms. The molecule has 0 radical (unpaired) electrons. The highest BCUT2D eigenvalue weighted by Crippen LogP contribution is 2.27. The summed E-state index contributed by atoms with van der Waals surface area (Å²) in [4.78, 5) is 0.419. The fraction of sp³-hybridized carbons (Fsp3) is 0.538. The summed E-state index contributed by atoms with van der Waals surface area (Å²) in [6, 6.07) is 5.49. The zero-order chi connectivity index (χ0) is 13.3. The molecule has 0 aromatic heterocycles. The number of rotatable bonds is 3. The first-order chi connectivity index (χ1) is 8.46. The van der Waals surface area contributed by atoms with Gasteiger partial charge in [-0.3, -0.25) is 0 Å². The number of benzene rings is 1. The van der Waals surface area contributed by atoms with Gasteiger partial charge < -0.3 is 5.73 Å². The summed E-state index contributed by atoms with van der Waals surface area (Å²) in [5, 5.41) is 0. The normalized spacial score (nSPS) is 21.4. The standard InChI is InChI=1S/C13H20N2O2S/c1-10-5-6-11(2)13(8-10)18(16,17)15-7-3-4-12(15)9-14/h5-6,8,12H,3-4,7,9,14H2,1-2H3/t12-/m0/s1. The van der Waals surface area contributed by atoms with E-state index in [-0.39, 0.29) is 6.04 Å². The first kappa shape index (κ1) is 13.5. The average Bonchev–Trinajstić information content (AvgIpc) is 2.81. The maximum atomic E-state index is 12.6. The van der Waals surface area contributed by atoms with Crippen molar-refractivity contribution in [3.8, 4) is 0 Å². The van der Waals surface area contributed by atoms with Crippen molar-refractivity contribution >= 4 is 10.0 Å². The van der Waals surface area contributed by atoms with Crippen LogP contribution in [0.4, 0.5) is 0 Å². The molecule has 18 heavy (non-hydrogen) atoms. The van der Waals surface area contributed by atoms with Gasteiger partial charge in [0.05, 0.1) is 4.90 Å². The Balaban J connectivity index is 2.45. The molecule has 1 fully saturated rings. The summed E-state index contributed by atoms with van der Waals surface area (Å²) in [5.74, 6) is 0. The largest absolute Gasteiger partial charge is 0.329 e. The highest BCUT2D eigenvalue weighted by molar-refractivity contribution is 7.89. The van der Waals surface area contributed by atoms with Gasteiger partial charge in [-0.15, -0.1) is 0 Å². The second kappa shape index (κ2) is 4.99. The van der Waals surface area contributed by atoms with E-state index in [0.29, 0.717) is 18.0 Å². The molecule has 1 aliphatic rings. The third-order valence-electron chi connectivity index (χ3n) is 3.53. The fourth-order valence-corrected chi connectivity index (χ4v) is 4.49. The molecule has 1 heterocycles. The molecule has 1 aliphatic heterocycles. The smallest absolute Gasteiger partial charge is 0.243 e. The predicted molar refractivity (Wildman–Crippen MR) is 71.9 cm³/mol. The van der Waals surface area contributed by atoms with E-state index < -0.39 is 10.0 Å². The molecule has 1 saturated heterocycles. The van der Waals surface area contributed by atoms with Crippen molar-refractivity contribution in [1.82, 2.24) is 4.31 Å². The molecule has 2 N–H and O–H groups in total. The van der Waals surface area contributed by atoms with Crippen LogP contribution in [0.1, 0.15) is 24.0 Å². The second-order valence-corrected chi connectivity index (χ2v) is 6.78. The van der Waals surface area contributed by atoms with E-state index in [4.69, 9.17) is 5.73 Å². The minimum atomic E-state index is -3.40. The van der Waals surface area contributed by atoms with Crippen molar-refractivity contribution in [2.24, 2.45) is 5.73 Å². The zero-order valence-electron chi connectivity index (χ0n) is 10.9. The van der Waals surface area contributed by atoms with E-state index in [9.17, 15) is 8.42 Å². The Labute approximate surface area is 109 Å². The first-order valence-electron chi connectivity index (χ1n) is 6.26. The Hall–Kier alpha value is -0.910. The van der Waals surface area contributed by atoms with Crippen LogP contribution < -0.4 is 5.73 Å². The molecule has 0 amide bonds. The monoisotopic (exact) mass is 268 g/mol. The van der Waals surface area contributed by atoms with Crippen molar-refractivity contribution in [3.05, 3.63) is 29.3 Å². The minimum Gasteiger partial charge on any atom is -0.329 e. The van der Waals surface area contributed by atoms with Crippen LogP contribution in [0.3, 0.4) is 0 Å². The highest BCUT2D eigenvalue weighted by Gasteiger charge is 2.35. The van der Waals surface area contributed by atoms with E-state index in [1.807, 2.05) is 26.0 Å². The van der Waals surface area contributed by atoms with Crippen LogP contribution in [0.15, 0.2) is 23.1 Å². The molecular formula is C13H20N2O2S. The van der Waals surface area contributed by atoms with Gasteiger partial charge in [0.1, 0.15) is 0 Å². The molecule has 100 valence electrons. The van der Waals surface area contributed by atoms with Gasteiger partial charge in [-0.25, -0.2) is 8.42 Å². The Bertz CT molecular complexity index is 540. The second-order valence-electron chi connectivity index (χ2n) is 4.92. The topological polar surface area (TPSA) is 63.4 Å². The minimum absolute atomic E-state index is 0.0464. The average molecular weight is 268 g/mol. The van der Waals surface area contributed by atoms with Crippen LogP contribution in [-0.4, -0.2) is 31.9 Å². The van der Waals surface area contributed by atoms with Crippen LogP contribution >= 0.6 is 0 Å². The molecule has 5 heteroatoms. The van der Waals surface area contributed by atoms with Crippen LogP contribution in [-0.2, 0) is 10.0 Å². The molecule has 0 aliphatic carbocycles.